The van der Waals surface area contributed by atoms with Gasteiger partial charge in [0.05, 0.1) is 12.7 Å². The lowest BCUT2D eigenvalue weighted by Crippen LogP contribution is -2.32. The first-order valence-corrected chi connectivity index (χ1v) is 9.61. The highest BCUT2D eigenvalue weighted by atomic mass is 35.5. The molecule has 1 amide bonds. The third-order valence-corrected chi connectivity index (χ3v) is 5.52. The molecule has 0 aliphatic carbocycles. The minimum Gasteiger partial charge on any atom is -0.464 e. The predicted molar refractivity (Wildman–Crippen MR) is 102 cm³/mol. The second kappa shape index (κ2) is 7.00. The lowest BCUT2D eigenvalue weighted by atomic mass is 10.1. The van der Waals surface area contributed by atoms with E-state index in [9.17, 15) is 4.79 Å². The molecule has 27 heavy (non-hydrogen) atoms. The van der Waals surface area contributed by atoms with E-state index in [1.165, 1.54) is 0 Å². The maximum atomic E-state index is 13.0. The number of carbonyl (C=O) groups excluding carboxylic acids is 1. The molecule has 1 aliphatic rings. The van der Waals surface area contributed by atoms with Gasteiger partial charge in [-0.25, -0.2) is 0 Å². The first-order valence-electron chi connectivity index (χ1n) is 9.23. The molecule has 0 N–H and O–H groups in total. The summed E-state index contributed by atoms with van der Waals surface area (Å²) in [5.41, 5.74) is 2.54. The largest absolute Gasteiger partial charge is 0.464 e. The molecule has 1 fully saturated rings. The molecule has 0 spiro atoms. The molecule has 3 aromatic rings. The Morgan fingerprint density at radius 2 is 2.22 bits per heavy atom. The number of likely N-dealkylation sites (tertiary alicyclic amines) is 1. The fraction of sp³-hybridized carbons (Fsp3) is 0.450. The number of aryl methyl sites for hydroxylation is 1. The number of fused-ring (bicyclic) bond motifs is 1. The van der Waals surface area contributed by atoms with Crippen molar-refractivity contribution in [1.82, 2.24) is 15.0 Å². The number of furan rings is 1. The van der Waals surface area contributed by atoms with Crippen molar-refractivity contribution in [2.45, 2.75) is 52.0 Å². The van der Waals surface area contributed by atoms with Gasteiger partial charge in [-0.05, 0) is 37.5 Å². The summed E-state index contributed by atoms with van der Waals surface area (Å²) < 4.78 is 11.1. The normalized spacial score (nSPS) is 17.4. The highest BCUT2D eigenvalue weighted by Crippen LogP contribution is 2.33. The van der Waals surface area contributed by atoms with Crippen molar-refractivity contribution >= 4 is 28.5 Å². The second-order valence-electron chi connectivity index (χ2n) is 7.43. The fourth-order valence-corrected chi connectivity index (χ4v) is 3.71. The molecule has 3 heterocycles. The maximum absolute atomic E-state index is 13.0. The Labute approximate surface area is 162 Å². The SMILES string of the molecule is Cc1cc2occ(CC(=O)N3CCC[C@H]3c3nc(C(C)C)no3)c2cc1Cl. The molecule has 1 aliphatic heterocycles. The van der Waals surface area contributed by atoms with Gasteiger partial charge in [0.1, 0.15) is 11.6 Å². The van der Waals surface area contributed by atoms with Crippen LogP contribution in [0.5, 0.6) is 0 Å². The quantitative estimate of drug-likeness (QED) is 0.642. The molecule has 0 bridgehead atoms. The van der Waals surface area contributed by atoms with Gasteiger partial charge in [-0.3, -0.25) is 4.79 Å². The zero-order valence-electron chi connectivity index (χ0n) is 15.7. The monoisotopic (exact) mass is 387 g/mol. The summed E-state index contributed by atoms with van der Waals surface area (Å²) in [5.74, 6) is 1.43. The summed E-state index contributed by atoms with van der Waals surface area (Å²) in [6.45, 7) is 6.66. The summed E-state index contributed by atoms with van der Waals surface area (Å²) in [6.07, 6.45) is 3.66. The van der Waals surface area contributed by atoms with Crippen molar-refractivity contribution < 1.29 is 13.7 Å². The van der Waals surface area contributed by atoms with Crippen molar-refractivity contribution in [3.63, 3.8) is 0 Å². The highest BCUT2D eigenvalue weighted by Gasteiger charge is 2.34. The van der Waals surface area contributed by atoms with Crippen LogP contribution in [0.1, 0.15) is 61.5 Å². The molecule has 0 saturated carbocycles. The van der Waals surface area contributed by atoms with Crippen LogP contribution in [0.25, 0.3) is 11.0 Å². The van der Waals surface area contributed by atoms with Crippen molar-refractivity contribution in [1.29, 1.82) is 0 Å². The third-order valence-electron chi connectivity index (χ3n) is 5.11. The van der Waals surface area contributed by atoms with Gasteiger partial charge >= 0.3 is 0 Å². The number of halogens is 1. The summed E-state index contributed by atoms with van der Waals surface area (Å²) in [4.78, 5) is 19.3. The summed E-state index contributed by atoms with van der Waals surface area (Å²) in [7, 11) is 0. The minimum atomic E-state index is -0.151. The zero-order valence-corrected chi connectivity index (χ0v) is 16.4. The van der Waals surface area contributed by atoms with Crippen molar-refractivity contribution in [2.75, 3.05) is 6.54 Å². The topological polar surface area (TPSA) is 72.4 Å². The van der Waals surface area contributed by atoms with Crippen molar-refractivity contribution in [3.8, 4) is 0 Å². The van der Waals surface area contributed by atoms with Gasteiger partial charge < -0.3 is 13.8 Å². The Bertz CT molecular complexity index is 992. The second-order valence-corrected chi connectivity index (χ2v) is 7.83. The molecule has 0 radical (unpaired) electrons. The van der Waals surface area contributed by atoms with Crippen LogP contribution in [0.3, 0.4) is 0 Å². The highest BCUT2D eigenvalue weighted by molar-refractivity contribution is 6.32. The van der Waals surface area contributed by atoms with E-state index in [1.54, 1.807) is 6.26 Å². The first-order chi connectivity index (χ1) is 12.9. The van der Waals surface area contributed by atoms with Crippen LogP contribution in [0.15, 0.2) is 27.3 Å². The summed E-state index contributed by atoms with van der Waals surface area (Å²) in [6, 6.07) is 3.62. The molecule has 0 unspecified atom stereocenters. The van der Waals surface area contributed by atoms with Gasteiger partial charge in [-0.15, -0.1) is 0 Å². The Morgan fingerprint density at radius 3 is 2.96 bits per heavy atom. The molecule has 7 heteroatoms. The molecule has 4 rings (SSSR count). The molecule has 142 valence electrons. The van der Waals surface area contributed by atoms with Gasteiger partial charge in [-0.2, -0.15) is 4.98 Å². The molecule has 1 atom stereocenters. The van der Waals surface area contributed by atoms with E-state index >= 15 is 0 Å². The van der Waals surface area contributed by atoms with Crippen molar-refractivity contribution in [3.05, 3.63) is 46.3 Å². The molecule has 1 aromatic carbocycles. The van der Waals surface area contributed by atoms with E-state index < -0.39 is 0 Å². The van der Waals surface area contributed by atoms with E-state index in [2.05, 4.69) is 10.1 Å². The van der Waals surface area contributed by atoms with Gasteiger partial charge in [0.25, 0.3) is 0 Å². The Morgan fingerprint density at radius 1 is 1.41 bits per heavy atom. The number of benzene rings is 1. The predicted octanol–water partition coefficient (Wildman–Crippen LogP) is 4.81. The number of amides is 1. The van der Waals surface area contributed by atoms with E-state index in [0.29, 0.717) is 23.3 Å². The number of nitrogens with zero attached hydrogens (tertiary/aromatic N) is 3. The van der Waals surface area contributed by atoms with Gasteiger partial charge in [-0.1, -0.05) is 30.6 Å². The molecule has 1 saturated heterocycles. The number of carbonyl (C=O) groups is 1. The molecule has 2 aromatic heterocycles. The van der Waals surface area contributed by atoms with Gasteiger partial charge in [0.2, 0.25) is 11.8 Å². The summed E-state index contributed by atoms with van der Waals surface area (Å²) in [5, 5.41) is 5.59. The fourth-order valence-electron chi connectivity index (χ4n) is 3.54. The van der Waals surface area contributed by atoms with Crippen LogP contribution in [-0.2, 0) is 11.2 Å². The minimum absolute atomic E-state index is 0.0289. The third kappa shape index (κ3) is 3.34. The van der Waals surface area contributed by atoms with E-state index in [-0.39, 0.29) is 24.3 Å². The van der Waals surface area contributed by atoms with Crippen LogP contribution < -0.4 is 0 Å². The first kappa shape index (κ1) is 18.0. The van der Waals surface area contributed by atoms with Crippen LogP contribution in [-0.4, -0.2) is 27.5 Å². The standard InChI is InChI=1S/C20H22ClN3O3/c1-11(2)19-22-20(27-23-19)16-5-4-6-24(16)18(25)8-13-10-26-17-7-12(3)15(21)9-14(13)17/h7,9-11,16H,4-6,8H2,1-3H3/t16-/m0/s1. The van der Waals surface area contributed by atoms with Crippen LogP contribution in [0, 0.1) is 6.92 Å². The Hall–Kier alpha value is -2.34. The molecular weight excluding hydrogens is 366 g/mol. The Kier molecular flexibility index (Phi) is 4.68. The summed E-state index contributed by atoms with van der Waals surface area (Å²) >= 11 is 6.25. The maximum Gasteiger partial charge on any atom is 0.249 e. The lowest BCUT2D eigenvalue weighted by Gasteiger charge is -2.21. The average Bonchev–Trinajstić information content (AvgIpc) is 3.35. The lowest BCUT2D eigenvalue weighted by molar-refractivity contribution is -0.131. The number of aromatic nitrogens is 2. The van der Waals surface area contributed by atoms with Crippen molar-refractivity contribution in [2.24, 2.45) is 0 Å². The number of hydrogen-bond acceptors (Lipinski definition) is 5. The van der Waals surface area contributed by atoms with E-state index in [0.717, 1.165) is 34.9 Å². The smallest absolute Gasteiger partial charge is 0.249 e. The number of rotatable bonds is 4. The van der Waals surface area contributed by atoms with Gasteiger partial charge in [0.15, 0.2) is 5.82 Å². The number of hydrogen-bond donors (Lipinski definition) is 0. The average molecular weight is 388 g/mol. The molecular formula is C20H22ClN3O3. The molecule has 6 nitrogen and oxygen atoms in total. The Balaban J connectivity index is 1.56. The van der Waals surface area contributed by atoms with Gasteiger partial charge in [0, 0.05) is 28.4 Å². The van der Waals surface area contributed by atoms with Crippen LogP contribution in [0.4, 0.5) is 0 Å². The van der Waals surface area contributed by atoms with E-state index in [1.807, 2.05) is 37.8 Å². The zero-order chi connectivity index (χ0) is 19.1. The van der Waals surface area contributed by atoms with Crippen LogP contribution >= 0.6 is 11.6 Å². The van der Waals surface area contributed by atoms with E-state index in [4.69, 9.17) is 20.5 Å². The van der Waals surface area contributed by atoms with Crippen LogP contribution in [0.2, 0.25) is 5.02 Å².